The smallest absolute Gasteiger partial charge is 0.410 e. The lowest BCUT2D eigenvalue weighted by molar-refractivity contribution is -0.134. The Morgan fingerprint density at radius 2 is 1.51 bits per heavy atom. The number of amides is 2. The fourth-order valence-electron chi connectivity index (χ4n) is 5.54. The lowest BCUT2D eigenvalue weighted by Crippen LogP contribution is -2.56. The summed E-state index contributed by atoms with van der Waals surface area (Å²) in [7, 11) is 0. The van der Waals surface area contributed by atoms with E-state index in [1.54, 1.807) is 24.3 Å². The molecule has 7 heteroatoms. The molecule has 1 aliphatic heterocycles. The Morgan fingerprint density at radius 1 is 0.946 bits per heavy atom. The molecule has 1 aliphatic carbocycles. The van der Waals surface area contributed by atoms with Crippen LogP contribution in [0.15, 0.2) is 91.0 Å². The highest BCUT2D eigenvalue weighted by molar-refractivity contribution is 5.86. The van der Waals surface area contributed by atoms with Gasteiger partial charge in [0.25, 0.3) is 0 Å². The van der Waals surface area contributed by atoms with E-state index in [-0.39, 0.29) is 5.91 Å². The molecule has 0 aromatic heterocycles. The number of carbonyl (C=O) groups is 2. The number of aliphatic hydroxyl groups excluding tert-OH is 1. The van der Waals surface area contributed by atoms with Crippen LogP contribution in [0.1, 0.15) is 36.8 Å². The Morgan fingerprint density at radius 3 is 2.14 bits per heavy atom. The molecule has 2 fully saturated rings. The minimum absolute atomic E-state index is 0.144. The van der Waals surface area contributed by atoms with E-state index in [4.69, 9.17) is 4.74 Å². The Balaban J connectivity index is 1.37. The highest BCUT2D eigenvalue weighted by Crippen LogP contribution is 2.39. The predicted molar refractivity (Wildman–Crippen MR) is 141 cm³/mol. The van der Waals surface area contributed by atoms with Gasteiger partial charge < -0.3 is 20.1 Å². The quantitative estimate of drug-likeness (QED) is 0.436. The first-order valence-corrected chi connectivity index (χ1v) is 12.9. The summed E-state index contributed by atoms with van der Waals surface area (Å²) in [6.45, 7) is 0.475. The maximum Gasteiger partial charge on any atom is 0.412 e. The standard InChI is InChI=1S/C30H33N3O4/c34-27(25(20-22-12-4-1-5-13-22)31-29(36)37-24-16-8-3-9-17-24)26-28(35)33(21-23-14-6-2-7-15-23)30(32-26)18-10-11-19-30/h1-9,12-17,25-27,32,34H,10-11,18-21H2,(H,31,36)/t25-,26-,27+/m0/s1. The van der Waals surface area contributed by atoms with Gasteiger partial charge >= 0.3 is 6.09 Å². The Kier molecular flexibility index (Phi) is 7.53. The average Bonchev–Trinajstić information content (AvgIpc) is 3.50. The zero-order valence-electron chi connectivity index (χ0n) is 20.8. The van der Waals surface area contributed by atoms with Gasteiger partial charge in [-0.05, 0) is 55.4 Å². The van der Waals surface area contributed by atoms with Crippen molar-refractivity contribution in [3.8, 4) is 5.75 Å². The van der Waals surface area contributed by atoms with Gasteiger partial charge in [-0.25, -0.2) is 4.79 Å². The van der Waals surface area contributed by atoms with Crippen molar-refractivity contribution in [2.45, 2.75) is 62.5 Å². The number of rotatable bonds is 8. The molecular formula is C30H33N3O4. The van der Waals surface area contributed by atoms with Crippen LogP contribution in [-0.4, -0.2) is 45.9 Å². The molecule has 3 N–H and O–H groups in total. The average molecular weight is 500 g/mol. The number of carbonyl (C=O) groups excluding carboxylic acids is 2. The summed E-state index contributed by atoms with van der Waals surface area (Å²) in [5, 5.41) is 17.9. The molecule has 3 atom stereocenters. The van der Waals surface area contributed by atoms with Crippen molar-refractivity contribution in [2.75, 3.05) is 0 Å². The summed E-state index contributed by atoms with van der Waals surface area (Å²) in [6, 6.07) is 26.7. The van der Waals surface area contributed by atoms with Gasteiger partial charge in [-0.2, -0.15) is 0 Å². The minimum atomic E-state index is -1.16. The second kappa shape index (κ2) is 11.2. The molecule has 1 spiro atoms. The van der Waals surface area contributed by atoms with Crippen molar-refractivity contribution in [2.24, 2.45) is 0 Å². The maximum absolute atomic E-state index is 13.8. The first-order valence-electron chi connectivity index (χ1n) is 12.9. The van der Waals surface area contributed by atoms with Crippen LogP contribution in [0.4, 0.5) is 4.79 Å². The van der Waals surface area contributed by atoms with Gasteiger partial charge in [-0.1, -0.05) is 78.9 Å². The van der Waals surface area contributed by atoms with Crippen LogP contribution in [0.25, 0.3) is 0 Å². The Labute approximate surface area is 217 Å². The molecule has 37 heavy (non-hydrogen) atoms. The zero-order valence-corrected chi connectivity index (χ0v) is 20.8. The van der Waals surface area contributed by atoms with Crippen LogP contribution in [-0.2, 0) is 17.8 Å². The van der Waals surface area contributed by atoms with E-state index in [9.17, 15) is 14.7 Å². The number of nitrogens with one attached hydrogen (secondary N) is 2. The van der Waals surface area contributed by atoms with Crippen molar-refractivity contribution in [3.05, 3.63) is 102 Å². The molecule has 1 saturated heterocycles. The fraction of sp³-hybridized carbons (Fsp3) is 0.333. The SMILES string of the molecule is O=C(N[C@@H](Cc1ccccc1)[C@@H](O)[C@@H]1NC2(CCCC2)N(Cc2ccccc2)C1=O)Oc1ccccc1. The van der Waals surface area contributed by atoms with Crippen LogP contribution < -0.4 is 15.4 Å². The lowest BCUT2D eigenvalue weighted by Gasteiger charge is -2.35. The Hall–Kier alpha value is -3.68. The number of para-hydroxylation sites is 1. The summed E-state index contributed by atoms with van der Waals surface area (Å²) in [5.41, 5.74) is 1.50. The summed E-state index contributed by atoms with van der Waals surface area (Å²) in [4.78, 5) is 28.5. The largest absolute Gasteiger partial charge is 0.412 e. The van der Waals surface area contributed by atoms with Gasteiger partial charge in [0.05, 0.1) is 17.8 Å². The summed E-state index contributed by atoms with van der Waals surface area (Å²) >= 11 is 0. The van der Waals surface area contributed by atoms with E-state index in [1.165, 1.54) is 0 Å². The summed E-state index contributed by atoms with van der Waals surface area (Å²) in [6.07, 6.45) is 2.22. The third-order valence-corrected chi connectivity index (χ3v) is 7.40. The molecular weight excluding hydrogens is 466 g/mol. The molecule has 5 rings (SSSR count). The van der Waals surface area contributed by atoms with E-state index in [0.717, 1.165) is 36.8 Å². The molecule has 1 saturated carbocycles. The van der Waals surface area contributed by atoms with Gasteiger partial charge in [0, 0.05) is 6.54 Å². The molecule has 2 aliphatic rings. The highest BCUT2D eigenvalue weighted by Gasteiger charge is 2.54. The third kappa shape index (κ3) is 5.68. The van der Waals surface area contributed by atoms with Gasteiger partial charge in [-0.3, -0.25) is 10.1 Å². The molecule has 0 unspecified atom stereocenters. The van der Waals surface area contributed by atoms with Crippen LogP contribution >= 0.6 is 0 Å². The molecule has 0 radical (unpaired) electrons. The van der Waals surface area contributed by atoms with E-state index in [2.05, 4.69) is 10.6 Å². The van der Waals surface area contributed by atoms with E-state index in [0.29, 0.717) is 18.7 Å². The van der Waals surface area contributed by atoms with Gasteiger partial charge in [-0.15, -0.1) is 0 Å². The first kappa shape index (κ1) is 25.0. The number of aliphatic hydroxyl groups is 1. The monoisotopic (exact) mass is 499 g/mol. The van der Waals surface area contributed by atoms with Crippen molar-refractivity contribution in [3.63, 3.8) is 0 Å². The van der Waals surface area contributed by atoms with Gasteiger partial charge in [0.15, 0.2) is 0 Å². The highest BCUT2D eigenvalue weighted by atomic mass is 16.6. The first-order chi connectivity index (χ1) is 18.0. The number of benzene rings is 3. The molecule has 0 bridgehead atoms. The van der Waals surface area contributed by atoms with E-state index < -0.39 is 29.9 Å². The minimum Gasteiger partial charge on any atom is -0.410 e. The van der Waals surface area contributed by atoms with Crippen LogP contribution in [0.3, 0.4) is 0 Å². The zero-order chi connectivity index (χ0) is 25.7. The third-order valence-electron chi connectivity index (χ3n) is 7.40. The fourth-order valence-corrected chi connectivity index (χ4v) is 5.54. The van der Waals surface area contributed by atoms with Crippen LogP contribution in [0, 0.1) is 0 Å². The topological polar surface area (TPSA) is 90.9 Å². The molecule has 2 amide bonds. The Bertz CT molecular complexity index is 1180. The second-order valence-electron chi connectivity index (χ2n) is 9.90. The molecule has 1 heterocycles. The number of hydrogen-bond acceptors (Lipinski definition) is 5. The molecule has 192 valence electrons. The predicted octanol–water partition coefficient (Wildman–Crippen LogP) is 4.02. The van der Waals surface area contributed by atoms with E-state index >= 15 is 0 Å². The van der Waals surface area contributed by atoms with Crippen LogP contribution in [0.5, 0.6) is 5.75 Å². The van der Waals surface area contributed by atoms with Crippen molar-refractivity contribution < 1.29 is 19.4 Å². The number of hydrogen-bond donors (Lipinski definition) is 3. The van der Waals surface area contributed by atoms with Crippen LogP contribution in [0.2, 0.25) is 0 Å². The molecule has 3 aromatic rings. The van der Waals surface area contributed by atoms with Crippen molar-refractivity contribution in [1.82, 2.24) is 15.5 Å². The lowest BCUT2D eigenvalue weighted by atomic mass is 9.96. The normalized spacial score (nSPS) is 20.1. The molecule has 3 aromatic carbocycles. The maximum atomic E-state index is 13.8. The molecule has 7 nitrogen and oxygen atoms in total. The van der Waals surface area contributed by atoms with E-state index in [1.807, 2.05) is 71.6 Å². The second-order valence-corrected chi connectivity index (χ2v) is 9.90. The summed E-state index contributed by atoms with van der Waals surface area (Å²) in [5.74, 6) is 0.261. The number of nitrogens with zero attached hydrogens (tertiary/aromatic N) is 1. The number of ether oxygens (including phenoxy) is 1. The van der Waals surface area contributed by atoms with Gasteiger partial charge in [0.1, 0.15) is 11.8 Å². The van der Waals surface area contributed by atoms with Crippen molar-refractivity contribution in [1.29, 1.82) is 0 Å². The van der Waals surface area contributed by atoms with Gasteiger partial charge in [0.2, 0.25) is 5.91 Å². The van der Waals surface area contributed by atoms with Crippen molar-refractivity contribution >= 4 is 12.0 Å². The summed E-state index contributed by atoms with van der Waals surface area (Å²) < 4.78 is 5.44.